The fraction of sp³-hybridized carbons (Fsp3) is 0.500. The lowest BCUT2D eigenvalue weighted by Crippen LogP contribution is -2.40. The summed E-state index contributed by atoms with van der Waals surface area (Å²) in [5, 5.41) is 0. The predicted octanol–water partition coefficient (Wildman–Crippen LogP) is 3.51. The summed E-state index contributed by atoms with van der Waals surface area (Å²) < 4.78 is 50.9. The summed E-state index contributed by atoms with van der Waals surface area (Å²) >= 11 is 0. The zero-order valence-electron chi connectivity index (χ0n) is 9.90. The van der Waals surface area contributed by atoms with Gasteiger partial charge in [-0.1, -0.05) is 17.7 Å². The van der Waals surface area contributed by atoms with Crippen molar-refractivity contribution in [2.75, 3.05) is 0 Å². The van der Waals surface area contributed by atoms with Crippen LogP contribution < -0.4 is 5.73 Å². The van der Waals surface area contributed by atoms with E-state index in [1.165, 1.54) is 0 Å². The van der Waals surface area contributed by atoms with E-state index < -0.39 is 18.4 Å². The third-order valence-electron chi connectivity index (χ3n) is 2.75. The molecule has 0 aliphatic carbocycles. The van der Waals surface area contributed by atoms with Crippen LogP contribution in [0.4, 0.5) is 17.6 Å². The molecule has 0 fully saturated rings. The zero-order chi connectivity index (χ0) is 13.4. The van der Waals surface area contributed by atoms with Gasteiger partial charge in [-0.05, 0) is 37.5 Å². The minimum atomic E-state index is -4.22. The van der Waals surface area contributed by atoms with E-state index in [-0.39, 0.29) is 5.56 Å². The number of benzene rings is 1. The van der Waals surface area contributed by atoms with Crippen molar-refractivity contribution in [3.05, 3.63) is 34.4 Å². The summed E-state index contributed by atoms with van der Waals surface area (Å²) in [6.07, 6.45) is -3.77. The molecule has 1 unspecified atom stereocenters. The van der Waals surface area contributed by atoms with Gasteiger partial charge in [0.15, 0.2) is 0 Å². The van der Waals surface area contributed by atoms with Gasteiger partial charge in [0, 0.05) is 0 Å². The molecule has 0 radical (unpaired) electrons. The standard InChI is InChI=1S/C12H15F4N/c1-6-4-7(2)9(8(3)5-6)10(17)12(15,16)11(13)14/h4-5,10-11H,17H2,1-3H3. The van der Waals surface area contributed by atoms with Crippen LogP contribution in [0.15, 0.2) is 12.1 Å². The van der Waals surface area contributed by atoms with Crippen LogP contribution in [0.25, 0.3) is 0 Å². The molecule has 0 heterocycles. The highest BCUT2D eigenvalue weighted by atomic mass is 19.3. The smallest absolute Gasteiger partial charge is 0.319 e. The number of hydrogen-bond donors (Lipinski definition) is 1. The van der Waals surface area contributed by atoms with Crippen molar-refractivity contribution in [2.24, 2.45) is 5.73 Å². The second kappa shape index (κ2) is 4.64. The molecule has 1 aromatic carbocycles. The molecule has 0 spiro atoms. The Hall–Kier alpha value is -1.10. The Bertz CT molecular complexity index is 392. The first-order valence-electron chi connectivity index (χ1n) is 5.17. The number of rotatable bonds is 3. The van der Waals surface area contributed by atoms with E-state index in [2.05, 4.69) is 0 Å². The van der Waals surface area contributed by atoms with Crippen molar-refractivity contribution >= 4 is 0 Å². The summed E-state index contributed by atoms with van der Waals surface area (Å²) in [4.78, 5) is 0. The maximum Gasteiger partial charge on any atom is 0.326 e. The van der Waals surface area contributed by atoms with Crippen molar-refractivity contribution in [1.29, 1.82) is 0 Å². The van der Waals surface area contributed by atoms with Gasteiger partial charge in [0.2, 0.25) is 0 Å². The molecule has 0 amide bonds. The molecule has 1 atom stereocenters. The first kappa shape index (κ1) is 14.0. The van der Waals surface area contributed by atoms with E-state index >= 15 is 0 Å². The molecule has 96 valence electrons. The first-order chi connectivity index (χ1) is 7.67. The molecule has 0 bridgehead atoms. The average molecular weight is 249 g/mol. The number of alkyl halides is 4. The molecule has 17 heavy (non-hydrogen) atoms. The van der Waals surface area contributed by atoms with E-state index in [9.17, 15) is 17.6 Å². The summed E-state index contributed by atoms with van der Waals surface area (Å²) in [7, 11) is 0. The van der Waals surface area contributed by atoms with Crippen LogP contribution in [0.5, 0.6) is 0 Å². The van der Waals surface area contributed by atoms with Crippen LogP contribution in [-0.4, -0.2) is 12.3 Å². The molecule has 1 rings (SSSR count). The lowest BCUT2D eigenvalue weighted by Gasteiger charge is -2.26. The van der Waals surface area contributed by atoms with Crippen molar-refractivity contribution < 1.29 is 17.6 Å². The second-order valence-electron chi connectivity index (χ2n) is 4.27. The average Bonchev–Trinajstić information content (AvgIpc) is 2.15. The normalized spacial score (nSPS) is 14.2. The Morgan fingerprint density at radius 2 is 1.47 bits per heavy atom. The minimum Gasteiger partial charge on any atom is -0.319 e. The van der Waals surface area contributed by atoms with Crippen molar-refractivity contribution in [1.82, 2.24) is 0 Å². The lowest BCUT2D eigenvalue weighted by molar-refractivity contribution is -0.144. The van der Waals surface area contributed by atoms with Gasteiger partial charge in [0.05, 0.1) is 0 Å². The first-order valence-corrected chi connectivity index (χ1v) is 5.17. The SMILES string of the molecule is Cc1cc(C)c(C(N)C(F)(F)C(F)F)c(C)c1. The number of nitrogens with two attached hydrogens (primary N) is 1. The topological polar surface area (TPSA) is 26.0 Å². The fourth-order valence-electron chi connectivity index (χ4n) is 2.01. The van der Waals surface area contributed by atoms with Gasteiger partial charge in [-0.25, -0.2) is 8.78 Å². The maximum absolute atomic E-state index is 13.2. The van der Waals surface area contributed by atoms with E-state index in [0.29, 0.717) is 11.1 Å². The molecule has 0 aliphatic heterocycles. The van der Waals surface area contributed by atoms with Gasteiger partial charge >= 0.3 is 12.3 Å². The van der Waals surface area contributed by atoms with E-state index in [0.717, 1.165) is 5.56 Å². The number of halogens is 4. The van der Waals surface area contributed by atoms with Gasteiger partial charge in [0.25, 0.3) is 0 Å². The van der Waals surface area contributed by atoms with Gasteiger partial charge in [-0.3, -0.25) is 0 Å². The van der Waals surface area contributed by atoms with Crippen LogP contribution in [0.3, 0.4) is 0 Å². The van der Waals surface area contributed by atoms with Crippen LogP contribution in [0, 0.1) is 20.8 Å². The lowest BCUT2D eigenvalue weighted by atomic mass is 9.91. The van der Waals surface area contributed by atoms with Crippen molar-refractivity contribution in [2.45, 2.75) is 39.2 Å². The summed E-state index contributed by atoms with van der Waals surface area (Å²) in [5.74, 6) is -4.22. The van der Waals surface area contributed by atoms with Crippen LogP contribution in [0.1, 0.15) is 28.3 Å². The third kappa shape index (κ3) is 2.60. The molecule has 5 heteroatoms. The van der Waals surface area contributed by atoms with Gasteiger partial charge in [-0.15, -0.1) is 0 Å². The molecule has 0 aromatic heterocycles. The molecular formula is C12H15F4N. The highest BCUT2D eigenvalue weighted by molar-refractivity contribution is 5.40. The van der Waals surface area contributed by atoms with Gasteiger partial charge in [0.1, 0.15) is 6.04 Å². The van der Waals surface area contributed by atoms with Crippen molar-refractivity contribution in [3.63, 3.8) is 0 Å². The Kier molecular flexibility index (Phi) is 3.81. The van der Waals surface area contributed by atoms with Crippen LogP contribution in [0.2, 0.25) is 0 Å². The summed E-state index contributed by atoms with van der Waals surface area (Å²) in [6, 6.07) is 1.33. The highest BCUT2D eigenvalue weighted by Crippen LogP contribution is 2.37. The Balaban J connectivity index is 3.26. The van der Waals surface area contributed by atoms with Gasteiger partial charge in [-0.2, -0.15) is 8.78 Å². The van der Waals surface area contributed by atoms with Crippen LogP contribution in [-0.2, 0) is 0 Å². The molecule has 0 aliphatic rings. The molecule has 2 N–H and O–H groups in total. The maximum atomic E-state index is 13.2. The monoisotopic (exact) mass is 249 g/mol. The van der Waals surface area contributed by atoms with Crippen LogP contribution >= 0.6 is 0 Å². The zero-order valence-corrected chi connectivity index (χ0v) is 9.90. The number of aryl methyl sites for hydroxylation is 3. The quantitative estimate of drug-likeness (QED) is 0.815. The van der Waals surface area contributed by atoms with E-state index in [4.69, 9.17) is 5.73 Å². The van der Waals surface area contributed by atoms with Gasteiger partial charge < -0.3 is 5.73 Å². The summed E-state index contributed by atoms with van der Waals surface area (Å²) in [5.41, 5.74) is 7.30. The Morgan fingerprint density at radius 1 is 1.06 bits per heavy atom. The largest absolute Gasteiger partial charge is 0.326 e. The molecule has 0 saturated heterocycles. The minimum absolute atomic E-state index is 0.0981. The summed E-state index contributed by atoms with van der Waals surface area (Å²) in [6.45, 7) is 4.99. The highest BCUT2D eigenvalue weighted by Gasteiger charge is 2.48. The molecule has 1 aromatic rings. The predicted molar refractivity (Wildman–Crippen MR) is 58.5 cm³/mol. The fourth-order valence-corrected chi connectivity index (χ4v) is 2.01. The molecule has 1 nitrogen and oxygen atoms in total. The molecule has 0 saturated carbocycles. The second-order valence-corrected chi connectivity index (χ2v) is 4.27. The Morgan fingerprint density at radius 3 is 1.82 bits per heavy atom. The Labute approximate surface area is 97.6 Å². The van der Waals surface area contributed by atoms with Crippen molar-refractivity contribution in [3.8, 4) is 0 Å². The van der Waals surface area contributed by atoms with E-state index in [1.54, 1.807) is 32.9 Å². The molecular weight excluding hydrogens is 234 g/mol. The number of hydrogen-bond acceptors (Lipinski definition) is 1. The third-order valence-corrected chi connectivity index (χ3v) is 2.75. The van der Waals surface area contributed by atoms with E-state index in [1.807, 2.05) is 0 Å².